The molecule has 3 heterocycles. The van der Waals surface area contributed by atoms with Gasteiger partial charge in [-0.1, -0.05) is 25.4 Å². The first-order valence-corrected chi connectivity index (χ1v) is 10.5. The minimum absolute atomic E-state index is 0.0178. The first-order chi connectivity index (χ1) is 12.9. The maximum Gasteiger partial charge on any atom is 0.309 e. The maximum absolute atomic E-state index is 12.0. The van der Waals surface area contributed by atoms with Gasteiger partial charge in [-0.3, -0.25) is 4.79 Å². The number of halogens is 1. The number of nitrogens with zero attached hydrogens (tertiary/aromatic N) is 4. The van der Waals surface area contributed by atoms with Crippen LogP contribution in [0.3, 0.4) is 0 Å². The number of hydrogen-bond donors (Lipinski definition) is 0. The Labute approximate surface area is 167 Å². The number of anilines is 2. The fourth-order valence-corrected chi connectivity index (χ4v) is 4.59. The topological polar surface area (TPSA) is 58.6 Å². The van der Waals surface area contributed by atoms with Crippen molar-refractivity contribution in [2.75, 3.05) is 36.0 Å². The molecule has 2 aliphatic heterocycles. The first-order valence-electron chi connectivity index (χ1n) is 10.1. The quantitative estimate of drug-likeness (QED) is 0.705. The van der Waals surface area contributed by atoms with E-state index in [2.05, 4.69) is 35.6 Å². The summed E-state index contributed by atoms with van der Waals surface area (Å²) in [6.07, 6.45) is 5.46. The van der Waals surface area contributed by atoms with Crippen LogP contribution in [0.4, 0.5) is 11.8 Å². The molecule has 1 aromatic heterocycles. The lowest BCUT2D eigenvalue weighted by atomic mass is 9.92. The van der Waals surface area contributed by atoms with Crippen LogP contribution in [-0.2, 0) is 9.53 Å². The van der Waals surface area contributed by atoms with Crippen LogP contribution in [0.1, 0.15) is 53.4 Å². The van der Waals surface area contributed by atoms with E-state index in [1.807, 2.05) is 6.92 Å². The van der Waals surface area contributed by atoms with E-state index in [4.69, 9.17) is 21.3 Å². The molecule has 7 heteroatoms. The molecule has 2 fully saturated rings. The molecular weight excluding hydrogens is 364 g/mol. The number of carbonyl (C=O) groups is 1. The highest BCUT2D eigenvalue weighted by Crippen LogP contribution is 2.41. The number of hydrogen-bond acceptors (Lipinski definition) is 6. The van der Waals surface area contributed by atoms with Crippen molar-refractivity contribution in [1.82, 2.24) is 9.97 Å². The molecule has 0 aliphatic carbocycles. The molecule has 1 unspecified atom stereocenters. The molecule has 0 spiro atoms. The third kappa shape index (κ3) is 4.15. The monoisotopic (exact) mass is 394 g/mol. The predicted octanol–water partition coefficient (Wildman–Crippen LogP) is 3.92. The number of ether oxygens (including phenoxy) is 1. The van der Waals surface area contributed by atoms with Crippen molar-refractivity contribution >= 4 is 29.3 Å². The van der Waals surface area contributed by atoms with Crippen LogP contribution in [0.5, 0.6) is 0 Å². The van der Waals surface area contributed by atoms with Crippen LogP contribution in [0.25, 0.3) is 0 Å². The average molecular weight is 395 g/mol. The molecule has 2 saturated heterocycles. The molecule has 0 N–H and O–H groups in total. The summed E-state index contributed by atoms with van der Waals surface area (Å²) in [4.78, 5) is 25.8. The Morgan fingerprint density at radius 3 is 2.70 bits per heavy atom. The Morgan fingerprint density at radius 1 is 1.37 bits per heavy atom. The summed E-state index contributed by atoms with van der Waals surface area (Å²) in [6.45, 7) is 11.6. The lowest BCUT2D eigenvalue weighted by Crippen LogP contribution is -2.42. The molecule has 1 aromatic rings. The lowest BCUT2D eigenvalue weighted by Gasteiger charge is -2.37. The Morgan fingerprint density at radius 2 is 2.07 bits per heavy atom. The van der Waals surface area contributed by atoms with Gasteiger partial charge in [0.2, 0.25) is 5.95 Å². The molecular formula is C20H31ClN4O2. The largest absolute Gasteiger partial charge is 0.466 e. The minimum atomic E-state index is -0.0837. The van der Waals surface area contributed by atoms with Crippen LogP contribution in [-0.4, -0.2) is 47.7 Å². The molecule has 0 radical (unpaired) electrons. The smallest absolute Gasteiger partial charge is 0.309 e. The number of carbonyl (C=O) groups excluding carboxylic acids is 1. The van der Waals surface area contributed by atoms with E-state index in [1.54, 1.807) is 6.20 Å². The van der Waals surface area contributed by atoms with E-state index in [0.29, 0.717) is 23.5 Å². The zero-order valence-electron chi connectivity index (χ0n) is 16.9. The third-order valence-corrected chi connectivity index (χ3v) is 6.33. The molecule has 2 atom stereocenters. The second kappa shape index (κ2) is 8.21. The Kier molecular flexibility index (Phi) is 6.14. The lowest BCUT2D eigenvalue weighted by molar-refractivity contribution is -0.148. The van der Waals surface area contributed by atoms with Crippen molar-refractivity contribution < 1.29 is 9.53 Å². The molecule has 3 rings (SSSR count). The van der Waals surface area contributed by atoms with Crippen LogP contribution in [0.15, 0.2) is 6.20 Å². The number of piperidine rings is 1. The van der Waals surface area contributed by atoms with Crippen LogP contribution >= 0.6 is 11.6 Å². The van der Waals surface area contributed by atoms with Crippen LogP contribution in [0, 0.1) is 11.8 Å². The fourth-order valence-electron chi connectivity index (χ4n) is 4.40. The van der Waals surface area contributed by atoms with Gasteiger partial charge in [-0.15, -0.1) is 0 Å². The molecule has 6 nitrogen and oxygen atoms in total. The number of esters is 1. The van der Waals surface area contributed by atoms with Gasteiger partial charge in [0.15, 0.2) is 5.82 Å². The van der Waals surface area contributed by atoms with Gasteiger partial charge in [0.25, 0.3) is 0 Å². The summed E-state index contributed by atoms with van der Waals surface area (Å²) in [7, 11) is 0. The summed E-state index contributed by atoms with van der Waals surface area (Å²) in [5, 5.41) is 0.605. The zero-order chi connectivity index (χ0) is 19.6. The summed E-state index contributed by atoms with van der Waals surface area (Å²) < 4.78 is 5.16. The molecule has 0 aromatic carbocycles. The number of aromatic nitrogens is 2. The zero-order valence-corrected chi connectivity index (χ0v) is 17.6. The highest BCUT2D eigenvalue weighted by Gasteiger charge is 2.40. The van der Waals surface area contributed by atoms with Gasteiger partial charge in [-0.05, 0) is 45.4 Å². The Bertz CT molecular complexity index is 678. The SMILES string of the molecule is CCOC(=O)C1CCN(c2ncc(Cl)c(N3C[C@@H](C)CC3(C)CC)n2)CC1. The van der Waals surface area contributed by atoms with Crippen molar-refractivity contribution in [3.8, 4) is 0 Å². The van der Waals surface area contributed by atoms with Gasteiger partial charge >= 0.3 is 5.97 Å². The predicted molar refractivity (Wildman–Crippen MR) is 108 cm³/mol. The van der Waals surface area contributed by atoms with Gasteiger partial charge in [0.05, 0.1) is 18.7 Å². The van der Waals surface area contributed by atoms with E-state index in [-0.39, 0.29) is 17.4 Å². The maximum atomic E-state index is 12.0. The molecule has 150 valence electrons. The van der Waals surface area contributed by atoms with Crippen LogP contribution < -0.4 is 9.80 Å². The molecule has 27 heavy (non-hydrogen) atoms. The van der Waals surface area contributed by atoms with Crippen molar-refractivity contribution in [3.05, 3.63) is 11.2 Å². The van der Waals surface area contributed by atoms with E-state index in [9.17, 15) is 4.79 Å². The Balaban J connectivity index is 1.76. The van der Waals surface area contributed by atoms with Gasteiger partial charge in [0, 0.05) is 25.2 Å². The van der Waals surface area contributed by atoms with Crippen molar-refractivity contribution in [2.24, 2.45) is 11.8 Å². The Hall–Kier alpha value is -1.56. The van der Waals surface area contributed by atoms with Gasteiger partial charge in [-0.2, -0.15) is 4.98 Å². The number of rotatable bonds is 5. The van der Waals surface area contributed by atoms with Crippen LogP contribution in [0.2, 0.25) is 5.02 Å². The van der Waals surface area contributed by atoms with E-state index in [0.717, 1.165) is 51.1 Å². The van der Waals surface area contributed by atoms with Crippen molar-refractivity contribution in [2.45, 2.75) is 58.9 Å². The van der Waals surface area contributed by atoms with Crippen molar-refractivity contribution in [3.63, 3.8) is 0 Å². The van der Waals surface area contributed by atoms with Gasteiger partial charge < -0.3 is 14.5 Å². The van der Waals surface area contributed by atoms with E-state index in [1.165, 1.54) is 0 Å². The fraction of sp³-hybridized carbons (Fsp3) is 0.750. The van der Waals surface area contributed by atoms with Gasteiger partial charge in [-0.25, -0.2) is 4.98 Å². The van der Waals surface area contributed by atoms with E-state index >= 15 is 0 Å². The molecule has 0 bridgehead atoms. The third-order valence-electron chi connectivity index (χ3n) is 6.06. The highest BCUT2D eigenvalue weighted by atomic mass is 35.5. The normalized spacial score (nSPS) is 26.5. The molecule has 0 amide bonds. The van der Waals surface area contributed by atoms with E-state index < -0.39 is 0 Å². The molecule has 2 aliphatic rings. The highest BCUT2D eigenvalue weighted by molar-refractivity contribution is 6.32. The van der Waals surface area contributed by atoms with Crippen molar-refractivity contribution in [1.29, 1.82) is 0 Å². The second-order valence-electron chi connectivity index (χ2n) is 8.13. The summed E-state index contributed by atoms with van der Waals surface area (Å²) in [5.41, 5.74) is 0.0750. The van der Waals surface area contributed by atoms with Gasteiger partial charge in [0.1, 0.15) is 5.02 Å². The summed E-state index contributed by atoms with van der Waals surface area (Å²) >= 11 is 6.50. The molecule has 0 saturated carbocycles. The second-order valence-corrected chi connectivity index (χ2v) is 8.53. The first kappa shape index (κ1) is 20.2. The standard InChI is InChI=1S/C20H31ClN4O2/c1-5-20(4)11-14(3)13-25(20)17-16(21)12-22-19(23-17)24-9-7-15(8-10-24)18(26)27-6-2/h12,14-15H,5-11,13H2,1-4H3/t14-,20?/m0/s1. The minimum Gasteiger partial charge on any atom is -0.466 e. The summed E-state index contributed by atoms with van der Waals surface area (Å²) in [6, 6.07) is 0. The summed E-state index contributed by atoms with van der Waals surface area (Å²) in [5.74, 6) is 2.05. The average Bonchev–Trinajstić information content (AvgIpc) is 2.97.